The third kappa shape index (κ3) is 5.17. The van der Waals surface area contributed by atoms with Gasteiger partial charge in [0.2, 0.25) is 0 Å². The molecule has 0 amide bonds. The van der Waals surface area contributed by atoms with Crippen molar-refractivity contribution in [2.75, 3.05) is 28.4 Å². The van der Waals surface area contributed by atoms with Gasteiger partial charge in [0.1, 0.15) is 0 Å². The lowest BCUT2D eigenvalue weighted by atomic mass is 9.79. The van der Waals surface area contributed by atoms with Gasteiger partial charge in [-0.3, -0.25) is 9.59 Å². The number of methoxy groups -OCH3 is 3. The molecular weight excluding hydrogens is 224 g/mol. The van der Waals surface area contributed by atoms with Crippen LogP contribution < -0.4 is 0 Å². The van der Waals surface area contributed by atoms with Crippen molar-refractivity contribution in [3.8, 4) is 0 Å². The van der Waals surface area contributed by atoms with Crippen LogP contribution in [-0.4, -0.2) is 40.4 Å². The highest BCUT2D eigenvalue weighted by molar-refractivity contribution is 5.82. The fraction of sp³-hybridized carbons (Fsp3) is 0.833. The standard InChI is InChI=1S/C10H16O4.C2H6O/c1-13-9(11)7-5-3-4-6-8(7)10(12)14-2;1-3-2/h7-8H,3-6H2,1-2H3;1-2H3/t7-,8-;/m1./s1. The van der Waals surface area contributed by atoms with Crippen LogP contribution in [0.5, 0.6) is 0 Å². The minimum absolute atomic E-state index is 0.292. The van der Waals surface area contributed by atoms with Gasteiger partial charge in [-0.1, -0.05) is 12.8 Å². The predicted molar refractivity (Wildman–Crippen MR) is 62.4 cm³/mol. The molecule has 0 bridgehead atoms. The van der Waals surface area contributed by atoms with Crippen LogP contribution in [0.1, 0.15) is 25.7 Å². The zero-order chi connectivity index (χ0) is 13.3. The van der Waals surface area contributed by atoms with Crippen LogP contribution in [0.15, 0.2) is 0 Å². The molecule has 0 unspecified atom stereocenters. The molecule has 5 heteroatoms. The van der Waals surface area contributed by atoms with E-state index in [9.17, 15) is 9.59 Å². The molecule has 0 N–H and O–H groups in total. The van der Waals surface area contributed by atoms with Gasteiger partial charge in [0, 0.05) is 14.2 Å². The van der Waals surface area contributed by atoms with Gasteiger partial charge in [-0.05, 0) is 12.8 Å². The Bertz CT molecular complexity index is 215. The SMILES string of the molecule is COC.COC(=O)[C@@H]1CCCC[C@H]1C(=O)OC. The smallest absolute Gasteiger partial charge is 0.309 e. The summed E-state index contributed by atoms with van der Waals surface area (Å²) in [5, 5.41) is 0. The molecule has 0 aliphatic heterocycles. The highest BCUT2D eigenvalue weighted by Crippen LogP contribution is 2.31. The second kappa shape index (κ2) is 8.98. The van der Waals surface area contributed by atoms with Crippen molar-refractivity contribution in [1.82, 2.24) is 0 Å². The third-order valence-corrected chi connectivity index (χ3v) is 2.77. The van der Waals surface area contributed by atoms with E-state index in [4.69, 9.17) is 0 Å². The summed E-state index contributed by atoms with van der Waals surface area (Å²) in [6.45, 7) is 0. The summed E-state index contributed by atoms with van der Waals surface area (Å²) < 4.78 is 13.6. The Morgan fingerprint density at radius 1 is 0.824 bits per heavy atom. The van der Waals surface area contributed by atoms with Gasteiger partial charge in [-0.25, -0.2) is 0 Å². The highest BCUT2D eigenvalue weighted by atomic mass is 16.5. The first kappa shape index (κ1) is 15.9. The Kier molecular flexibility index (Phi) is 8.40. The Morgan fingerprint density at radius 2 is 1.12 bits per heavy atom. The highest BCUT2D eigenvalue weighted by Gasteiger charge is 2.36. The van der Waals surface area contributed by atoms with Gasteiger partial charge in [-0.2, -0.15) is 0 Å². The van der Waals surface area contributed by atoms with Crippen molar-refractivity contribution in [3.63, 3.8) is 0 Å². The summed E-state index contributed by atoms with van der Waals surface area (Å²) in [7, 11) is 5.95. The molecule has 100 valence electrons. The molecule has 0 spiro atoms. The average molecular weight is 246 g/mol. The first-order valence-corrected chi connectivity index (χ1v) is 5.68. The normalized spacial score (nSPS) is 23.1. The maximum atomic E-state index is 11.4. The molecule has 1 saturated carbocycles. The molecule has 1 aliphatic carbocycles. The van der Waals surface area contributed by atoms with Crippen molar-refractivity contribution < 1.29 is 23.8 Å². The number of hydrogen-bond donors (Lipinski definition) is 0. The zero-order valence-corrected chi connectivity index (χ0v) is 11.0. The Labute approximate surface area is 102 Å². The minimum Gasteiger partial charge on any atom is -0.469 e. The topological polar surface area (TPSA) is 61.8 Å². The van der Waals surface area contributed by atoms with Crippen molar-refractivity contribution >= 4 is 11.9 Å². The van der Waals surface area contributed by atoms with Crippen LogP contribution in [0.25, 0.3) is 0 Å². The molecule has 0 aromatic carbocycles. The molecular formula is C12H22O5. The molecule has 0 aromatic rings. The molecule has 0 radical (unpaired) electrons. The van der Waals surface area contributed by atoms with Crippen LogP contribution in [0, 0.1) is 11.8 Å². The largest absolute Gasteiger partial charge is 0.469 e. The van der Waals surface area contributed by atoms with E-state index in [-0.39, 0.29) is 23.8 Å². The van der Waals surface area contributed by atoms with E-state index in [0.29, 0.717) is 0 Å². The second-order valence-corrected chi connectivity index (χ2v) is 3.95. The van der Waals surface area contributed by atoms with Crippen molar-refractivity contribution in [1.29, 1.82) is 0 Å². The lowest BCUT2D eigenvalue weighted by molar-refractivity contribution is -0.159. The van der Waals surface area contributed by atoms with E-state index in [2.05, 4.69) is 14.2 Å². The van der Waals surface area contributed by atoms with E-state index >= 15 is 0 Å². The summed E-state index contributed by atoms with van der Waals surface area (Å²) in [4.78, 5) is 22.7. The van der Waals surface area contributed by atoms with Crippen LogP contribution in [0.3, 0.4) is 0 Å². The average Bonchev–Trinajstić information content (AvgIpc) is 2.37. The van der Waals surface area contributed by atoms with Crippen molar-refractivity contribution in [3.05, 3.63) is 0 Å². The molecule has 1 rings (SSSR count). The van der Waals surface area contributed by atoms with Gasteiger partial charge >= 0.3 is 11.9 Å². The number of carbonyl (C=O) groups is 2. The number of carbonyl (C=O) groups excluding carboxylic acids is 2. The van der Waals surface area contributed by atoms with Gasteiger partial charge in [-0.15, -0.1) is 0 Å². The molecule has 1 aliphatic rings. The maximum Gasteiger partial charge on any atom is 0.309 e. The molecule has 0 heterocycles. The number of hydrogen-bond acceptors (Lipinski definition) is 5. The Hall–Kier alpha value is -1.10. The monoisotopic (exact) mass is 246 g/mol. The van der Waals surface area contributed by atoms with Crippen molar-refractivity contribution in [2.45, 2.75) is 25.7 Å². The quantitative estimate of drug-likeness (QED) is 0.689. The second-order valence-electron chi connectivity index (χ2n) is 3.95. The zero-order valence-electron chi connectivity index (χ0n) is 11.0. The molecule has 17 heavy (non-hydrogen) atoms. The molecule has 0 saturated heterocycles. The van der Waals surface area contributed by atoms with E-state index in [0.717, 1.165) is 25.7 Å². The summed E-state index contributed by atoms with van der Waals surface area (Å²) in [5.74, 6) is -1.19. The molecule has 5 nitrogen and oxygen atoms in total. The minimum atomic E-state index is -0.304. The maximum absolute atomic E-state index is 11.4. The van der Waals surface area contributed by atoms with Gasteiger partial charge in [0.25, 0.3) is 0 Å². The summed E-state index contributed by atoms with van der Waals surface area (Å²) in [6, 6.07) is 0. The van der Waals surface area contributed by atoms with E-state index in [1.54, 1.807) is 14.2 Å². The summed E-state index contributed by atoms with van der Waals surface area (Å²) >= 11 is 0. The van der Waals surface area contributed by atoms with E-state index in [1.165, 1.54) is 14.2 Å². The van der Waals surface area contributed by atoms with Crippen molar-refractivity contribution in [2.24, 2.45) is 11.8 Å². The van der Waals surface area contributed by atoms with Crippen LogP contribution in [-0.2, 0) is 23.8 Å². The van der Waals surface area contributed by atoms with Gasteiger partial charge in [0.05, 0.1) is 26.1 Å². The lowest BCUT2D eigenvalue weighted by Gasteiger charge is -2.27. The molecule has 0 aromatic heterocycles. The third-order valence-electron chi connectivity index (χ3n) is 2.77. The summed E-state index contributed by atoms with van der Waals surface area (Å²) in [6.07, 6.45) is 3.42. The molecule has 2 atom stereocenters. The number of rotatable bonds is 2. The van der Waals surface area contributed by atoms with E-state index < -0.39 is 0 Å². The summed E-state index contributed by atoms with van der Waals surface area (Å²) in [5.41, 5.74) is 0. The molecule has 1 fully saturated rings. The van der Waals surface area contributed by atoms with Gasteiger partial charge in [0.15, 0.2) is 0 Å². The fourth-order valence-electron chi connectivity index (χ4n) is 2.00. The van der Waals surface area contributed by atoms with Gasteiger partial charge < -0.3 is 14.2 Å². The van der Waals surface area contributed by atoms with Crippen LogP contribution >= 0.6 is 0 Å². The lowest BCUT2D eigenvalue weighted by Crippen LogP contribution is -2.34. The Balaban J connectivity index is 0.000000770. The predicted octanol–water partition coefficient (Wildman–Crippen LogP) is 1.40. The van der Waals surface area contributed by atoms with Crippen LogP contribution in [0.4, 0.5) is 0 Å². The first-order chi connectivity index (χ1) is 8.12. The fourth-order valence-corrected chi connectivity index (χ4v) is 2.00. The Morgan fingerprint density at radius 3 is 1.35 bits per heavy atom. The first-order valence-electron chi connectivity index (χ1n) is 5.68. The number of ether oxygens (including phenoxy) is 3. The number of esters is 2. The van der Waals surface area contributed by atoms with E-state index in [1.807, 2.05) is 0 Å². The van der Waals surface area contributed by atoms with Crippen LogP contribution in [0.2, 0.25) is 0 Å².